The van der Waals surface area contributed by atoms with Crippen LogP contribution in [0.3, 0.4) is 0 Å². The minimum atomic E-state index is -3.35. The number of benzene rings is 1. The van der Waals surface area contributed by atoms with Gasteiger partial charge >= 0.3 is 0 Å². The van der Waals surface area contributed by atoms with Crippen LogP contribution >= 0.6 is 0 Å². The molecule has 4 rings (SSSR count). The van der Waals surface area contributed by atoms with E-state index in [1.165, 1.54) is 16.6 Å². The summed E-state index contributed by atoms with van der Waals surface area (Å²) >= 11 is 0. The monoisotopic (exact) mass is 411 g/mol. The largest absolute Gasteiger partial charge is 0.378 e. The van der Waals surface area contributed by atoms with Crippen molar-refractivity contribution >= 4 is 32.4 Å². The normalized spacial score (nSPS) is 16.5. The first kappa shape index (κ1) is 19.1. The highest BCUT2D eigenvalue weighted by Crippen LogP contribution is 2.31. The quantitative estimate of drug-likeness (QED) is 0.707. The smallest absolute Gasteiger partial charge is 0.236 e. The van der Waals surface area contributed by atoms with Crippen molar-refractivity contribution in [1.29, 1.82) is 5.26 Å². The van der Waals surface area contributed by atoms with Gasteiger partial charge < -0.3 is 5.32 Å². The van der Waals surface area contributed by atoms with Gasteiger partial charge in [-0.2, -0.15) is 5.26 Å². The number of rotatable bonds is 4. The van der Waals surface area contributed by atoms with E-state index in [2.05, 4.69) is 15.3 Å². The molecule has 0 radical (unpaired) electrons. The third kappa shape index (κ3) is 3.47. The van der Waals surface area contributed by atoms with Gasteiger partial charge in [-0.3, -0.25) is 9.29 Å². The summed E-state index contributed by atoms with van der Waals surface area (Å²) in [5.74, 6) is -0.105. The van der Waals surface area contributed by atoms with E-state index in [-0.39, 0.29) is 11.3 Å². The van der Waals surface area contributed by atoms with Gasteiger partial charge in [0.2, 0.25) is 10.0 Å². The third-order valence-electron chi connectivity index (χ3n) is 4.96. The highest BCUT2D eigenvalue weighted by Gasteiger charge is 2.29. The lowest BCUT2D eigenvalue weighted by Crippen LogP contribution is -2.25. The molecule has 1 fully saturated rings. The summed E-state index contributed by atoms with van der Waals surface area (Å²) in [6.45, 7) is 2.19. The van der Waals surface area contributed by atoms with Crippen molar-refractivity contribution in [1.82, 2.24) is 9.97 Å². The molecule has 1 N–H and O–H groups in total. The van der Waals surface area contributed by atoms with E-state index in [0.717, 1.165) is 0 Å². The molecule has 1 saturated heterocycles. The van der Waals surface area contributed by atoms with Crippen molar-refractivity contribution in [3.8, 4) is 6.07 Å². The van der Waals surface area contributed by atoms with Gasteiger partial charge in [-0.1, -0.05) is 12.1 Å². The Hall–Kier alpha value is -3.25. The van der Waals surface area contributed by atoms with Crippen LogP contribution in [-0.4, -0.2) is 30.7 Å². The van der Waals surface area contributed by atoms with Crippen LogP contribution < -0.4 is 9.62 Å². The number of pyridine rings is 2. The van der Waals surface area contributed by atoms with Crippen molar-refractivity contribution in [2.75, 3.05) is 21.9 Å². The number of nitrogens with one attached hydrogen (secondary N) is 1. The van der Waals surface area contributed by atoms with E-state index >= 15 is 0 Å². The van der Waals surface area contributed by atoms with Gasteiger partial charge in [-0.25, -0.2) is 17.8 Å². The average molecular weight is 411 g/mol. The standard InChI is InChI=1S/C20H18FN5O2S/c1-13(15-5-2-4-14(11-22)20(15)21)25-17-6-7-23-18-12-24-19(10-16(17)18)26-8-3-9-29(26,27)28/h2,4-7,10,12-13H,3,8-9H2,1H3,(H,23,25)/t13-/m1/s1. The number of anilines is 2. The zero-order valence-electron chi connectivity index (χ0n) is 15.6. The minimum absolute atomic E-state index is 0.0125. The first-order valence-electron chi connectivity index (χ1n) is 9.11. The number of halogens is 1. The summed E-state index contributed by atoms with van der Waals surface area (Å²) in [4.78, 5) is 8.54. The maximum atomic E-state index is 14.5. The predicted octanol–water partition coefficient (Wildman–Crippen LogP) is 3.35. The van der Waals surface area contributed by atoms with Crippen molar-refractivity contribution in [2.24, 2.45) is 0 Å². The Morgan fingerprint density at radius 1 is 1.31 bits per heavy atom. The van der Waals surface area contributed by atoms with E-state index in [0.29, 0.717) is 40.9 Å². The number of nitriles is 1. The second kappa shape index (κ2) is 7.29. The molecule has 9 heteroatoms. The van der Waals surface area contributed by atoms with Gasteiger partial charge in [0.25, 0.3) is 0 Å². The molecule has 1 aromatic carbocycles. The van der Waals surface area contributed by atoms with Crippen molar-refractivity contribution in [2.45, 2.75) is 19.4 Å². The molecule has 29 heavy (non-hydrogen) atoms. The van der Waals surface area contributed by atoms with Gasteiger partial charge in [-0.15, -0.1) is 0 Å². The van der Waals surface area contributed by atoms with Crippen molar-refractivity contribution in [3.05, 3.63) is 59.7 Å². The Morgan fingerprint density at radius 2 is 2.14 bits per heavy atom. The maximum absolute atomic E-state index is 14.5. The van der Waals surface area contributed by atoms with Gasteiger partial charge in [0.05, 0.1) is 29.1 Å². The van der Waals surface area contributed by atoms with Crippen LogP contribution in [0.1, 0.15) is 30.5 Å². The van der Waals surface area contributed by atoms with Crippen molar-refractivity contribution < 1.29 is 12.8 Å². The van der Waals surface area contributed by atoms with Crippen molar-refractivity contribution in [3.63, 3.8) is 0 Å². The molecule has 7 nitrogen and oxygen atoms in total. The van der Waals surface area contributed by atoms with Crippen LogP contribution in [0.5, 0.6) is 0 Å². The highest BCUT2D eigenvalue weighted by molar-refractivity contribution is 7.93. The Labute approximate surface area is 167 Å². The van der Waals surface area contributed by atoms with E-state index in [1.54, 1.807) is 37.4 Å². The number of nitrogens with zero attached hydrogens (tertiary/aromatic N) is 4. The van der Waals surface area contributed by atoms with Crippen LogP contribution in [-0.2, 0) is 10.0 Å². The molecule has 0 spiro atoms. The second-order valence-corrected chi connectivity index (χ2v) is 8.86. The fraction of sp³-hybridized carbons (Fsp3) is 0.250. The molecule has 0 amide bonds. The lowest BCUT2D eigenvalue weighted by Gasteiger charge is -2.20. The molecule has 1 aliphatic heterocycles. The molecule has 0 unspecified atom stereocenters. The van der Waals surface area contributed by atoms with Crippen LogP contribution in [0.4, 0.5) is 15.9 Å². The molecule has 1 atom stereocenters. The number of sulfonamides is 1. The van der Waals surface area contributed by atoms with Gasteiger partial charge in [0, 0.05) is 29.4 Å². The lowest BCUT2D eigenvalue weighted by molar-refractivity contribution is 0.596. The summed E-state index contributed by atoms with van der Waals surface area (Å²) < 4.78 is 40.3. The van der Waals surface area contributed by atoms with Crippen LogP contribution in [0.25, 0.3) is 10.9 Å². The first-order valence-corrected chi connectivity index (χ1v) is 10.7. The van der Waals surface area contributed by atoms with Gasteiger partial charge in [-0.05, 0) is 31.5 Å². The zero-order chi connectivity index (χ0) is 20.6. The fourth-order valence-electron chi connectivity index (χ4n) is 3.48. The van der Waals surface area contributed by atoms with Crippen LogP contribution in [0.2, 0.25) is 0 Å². The van der Waals surface area contributed by atoms with Crippen LogP contribution in [0, 0.1) is 17.1 Å². The summed E-state index contributed by atoms with van der Waals surface area (Å²) in [6.07, 6.45) is 3.70. The molecule has 3 aromatic rings. The summed E-state index contributed by atoms with van der Waals surface area (Å²) in [6, 6.07) is 9.54. The molecule has 0 saturated carbocycles. The molecule has 0 bridgehead atoms. The van der Waals surface area contributed by atoms with E-state index in [9.17, 15) is 12.8 Å². The van der Waals surface area contributed by atoms with E-state index in [4.69, 9.17) is 5.26 Å². The number of hydrogen-bond donors (Lipinski definition) is 1. The van der Waals surface area contributed by atoms with E-state index < -0.39 is 21.9 Å². The minimum Gasteiger partial charge on any atom is -0.378 e. The summed E-state index contributed by atoms with van der Waals surface area (Å²) in [5, 5.41) is 13.0. The lowest BCUT2D eigenvalue weighted by atomic mass is 10.0. The Bertz CT molecular complexity index is 1240. The number of hydrogen-bond acceptors (Lipinski definition) is 6. The Balaban J connectivity index is 1.73. The van der Waals surface area contributed by atoms with E-state index in [1.807, 2.05) is 6.07 Å². The van der Waals surface area contributed by atoms with Crippen LogP contribution in [0.15, 0.2) is 42.7 Å². The molecule has 1 aliphatic rings. The highest BCUT2D eigenvalue weighted by atomic mass is 32.2. The molecule has 3 heterocycles. The predicted molar refractivity (Wildman–Crippen MR) is 108 cm³/mol. The molecule has 0 aliphatic carbocycles. The number of fused-ring (bicyclic) bond motifs is 1. The third-order valence-corrected chi connectivity index (χ3v) is 6.80. The number of aromatic nitrogens is 2. The summed E-state index contributed by atoms with van der Waals surface area (Å²) in [7, 11) is -3.35. The average Bonchev–Trinajstić information content (AvgIpc) is 3.07. The fourth-order valence-corrected chi connectivity index (χ4v) is 4.98. The first-order chi connectivity index (χ1) is 13.9. The second-order valence-electron chi connectivity index (χ2n) is 6.85. The topological polar surface area (TPSA) is 99.0 Å². The Morgan fingerprint density at radius 3 is 2.86 bits per heavy atom. The SMILES string of the molecule is C[C@@H](Nc1ccnc2cnc(N3CCCS3(=O)=O)cc12)c1cccc(C#N)c1F. The zero-order valence-corrected chi connectivity index (χ0v) is 16.4. The van der Waals surface area contributed by atoms with Gasteiger partial charge in [0.1, 0.15) is 17.7 Å². The Kier molecular flexibility index (Phi) is 4.80. The van der Waals surface area contributed by atoms with Gasteiger partial charge in [0.15, 0.2) is 0 Å². The molecular weight excluding hydrogens is 393 g/mol. The summed E-state index contributed by atoms with van der Waals surface area (Å²) in [5.41, 5.74) is 1.62. The molecular formula is C20H18FN5O2S. The molecule has 148 valence electrons. The maximum Gasteiger partial charge on any atom is 0.236 e. The molecule has 2 aromatic heterocycles.